The van der Waals surface area contributed by atoms with Gasteiger partial charge in [-0.15, -0.1) is 5.11 Å². The Morgan fingerprint density at radius 3 is 2.17 bits per heavy atom. The van der Waals surface area contributed by atoms with E-state index in [1.165, 1.54) is 17.0 Å². The van der Waals surface area contributed by atoms with Crippen LogP contribution in [0.25, 0.3) is 22.3 Å². The van der Waals surface area contributed by atoms with Gasteiger partial charge >= 0.3 is 5.97 Å². The Balaban J connectivity index is 1.70. The van der Waals surface area contributed by atoms with Crippen LogP contribution in [0.15, 0.2) is 75.9 Å². The van der Waals surface area contributed by atoms with Crippen molar-refractivity contribution in [1.82, 2.24) is 4.90 Å². The molecule has 0 saturated heterocycles. The van der Waals surface area contributed by atoms with E-state index in [1.54, 1.807) is 26.0 Å². The highest BCUT2D eigenvalue weighted by molar-refractivity contribution is 6.06. The van der Waals surface area contributed by atoms with E-state index >= 15 is 0 Å². The van der Waals surface area contributed by atoms with Crippen LogP contribution >= 0.6 is 0 Å². The number of amidine groups is 1. The Labute approximate surface area is 232 Å². The van der Waals surface area contributed by atoms with Crippen molar-refractivity contribution < 1.29 is 23.5 Å². The summed E-state index contributed by atoms with van der Waals surface area (Å²) in [6.45, 7) is 5.97. The minimum atomic E-state index is -1.03. The zero-order valence-corrected chi connectivity index (χ0v) is 22.8. The third-order valence-corrected chi connectivity index (χ3v) is 6.81. The molecule has 0 fully saturated rings. The third kappa shape index (κ3) is 6.65. The van der Waals surface area contributed by atoms with Crippen molar-refractivity contribution in [3.8, 4) is 22.3 Å². The number of carbonyl (C=O) groups is 2. The second-order valence-corrected chi connectivity index (χ2v) is 10.1. The molecule has 1 atom stereocenters. The van der Waals surface area contributed by atoms with E-state index in [2.05, 4.69) is 15.2 Å². The number of azo groups is 1. The number of hydrogen-bond acceptors (Lipinski definition) is 5. The number of carboxylic acids is 1. The van der Waals surface area contributed by atoms with Gasteiger partial charge in [0, 0.05) is 24.6 Å². The molecule has 1 heterocycles. The summed E-state index contributed by atoms with van der Waals surface area (Å²) in [4.78, 5) is 30.9. The van der Waals surface area contributed by atoms with Crippen LogP contribution in [0.2, 0.25) is 0 Å². The number of unbranched alkanes of at least 4 members (excludes halogenated alkanes) is 1. The van der Waals surface area contributed by atoms with E-state index in [9.17, 15) is 23.5 Å². The molecule has 0 aliphatic carbocycles. The SMILES string of the molecule is CCCCC(=O)N(Cc1ccc(-c2cc(-c3cc(F)cc(F)c3)ccc2C2=NCN=N2)cc1)[C@H](C(=O)O)C(C)C. The largest absolute Gasteiger partial charge is 0.480 e. The van der Waals surface area contributed by atoms with Gasteiger partial charge in [-0.05, 0) is 64.4 Å². The minimum Gasteiger partial charge on any atom is -0.480 e. The molecule has 0 aromatic heterocycles. The van der Waals surface area contributed by atoms with Crippen LogP contribution in [0.4, 0.5) is 8.78 Å². The minimum absolute atomic E-state index is 0.161. The topological polar surface area (TPSA) is 94.7 Å². The predicted octanol–water partition coefficient (Wildman–Crippen LogP) is 7.10. The summed E-state index contributed by atoms with van der Waals surface area (Å²) in [6, 6.07) is 15.3. The quantitative estimate of drug-likeness (QED) is 0.278. The zero-order chi connectivity index (χ0) is 28.8. The molecule has 9 heteroatoms. The molecule has 208 valence electrons. The van der Waals surface area contributed by atoms with E-state index < -0.39 is 23.6 Å². The molecule has 3 aromatic rings. The lowest BCUT2D eigenvalue weighted by molar-refractivity contribution is -0.153. The van der Waals surface area contributed by atoms with Gasteiger partial charge in [-0.25, -0.2) is 18.6 Å². The third-order valence-electron chi connectivity index (χ3n) is 6.81. The van der Waals surface area contributed by atoms with Gasteiger partial charge in [0.1, 0.15) is 17.7 Å². The van der Waals surface area contributed by atoms with E-state index in [0.717, 1.165) is 34.7 Å². The van der Waals surface area contributed by atoms with Crippen molar-refractivity contribution >= 4 is 17.7 Å². The monoisotopic (exact) mass is 546 g/mol. The second-order valence-electron chi connectivity index (χ2n) is 10.1. The number of nitrogens with zero attached hydrogens (tertiary/aromatic N) is 4. The highest BCUT2D eigenvalue weighted by Crippen LogP contribution is 2.32. The van der Waals surface area contributed by atoms with E-state index in [4.69, 9.17) is 0 Å². The fourth-order valence-corrected chi connectivity index (χ4v) is 4.82. The number of amides is 1. The lowest BCUT2D eigenvalue weighted by atomic mass is 9.93. The number of halogens is 2. The van der Waals surface area contributed by atoms with Crippen LogP contribution < -0.4 is 0 Å². The fourth-order valence-electron chi connectivity index (χ4n) is 4.82. The van der Waals surface area contributed by atoms with Gasteiger partial charge in [0.25, 0.3) is 0 Å². The molecule has 0 saturated carbocycles. The molecule has 0 spiro atoms. The first kappa shape index (κ1) is 28.7. The van der Waals surface area contributed by atoms with Gasteiger partial charge in [-0.3, -0.25) is 4.79 Å². The normalized spacial score (nSPS) is 13.4. The van der Waals surface area contributed by atoms with Gasteiger partial charge < -0.3 is 10.0 Å². The number of aliphatic imine (C=N–C) groups is 1. The molecule has 0 unspecified atom stereocenters. The first-order chi connectivity index (χ1) is 19.2. The first-order valence-corrected chi connectivity index (χ1v) is 13.3. The number of benzene rings is 3. The van der Waals surface area contributed by atoms with Crippen molar-refractivity contribution in [3.05, 3.63) is 83.4 Å². The van der Waals surface area contributed by atoms with Crippen LogP contribution in [0.1, 0.15) is 51.2 Å². The molecule has 1 aliphatic heterocycles. The molecule has 1 N–H and O–H groups in total. The van der Waals surface area contributed by atoms with Gasteiger partial charge in [0.05, 0.1) is 0 Å². The number of rotatable bonds is 11. The lowest BCUT2D eigenvalue weighted by Gasteiger charge is -2.32. The fraction of sp³-hybridized carbons (Fsp3) is 0.323. The maximum absolute atomic E-state index is 13.9. The first-order valence-electron chi connectivity index (χ1n) is 13.3. The summed E-state index contributed by atoms with van der Waals surface area (Å²) in [5, 5.41) is 18.0. The molecule has 40 heavy (non-hydrogen) atoms. The molecule has 1 amide bonds. The van der Waals surface area contributed by atoms with Crippen LogP contribution in [0, 0.1) is 17.6 Å². The smallest absolute Gasteiger partial charge is 0.326 e. The summed E-state index contributed by atoms with van der Waals surface area (Å²) < 4.78 is 27.9. The molecule has 3 aromatic carbocycles. The summed E-state index contributed by atoms with van der Waals surface area (Å²) in [7, 11) is 0. The highest BCUT2D eigenvalue weighted by atomic mass is 19.1. The van der Waals surface area contributed by atoms with Gasteiger partial charge in [-0.1, -0.05) is 57.5 Å². The van der Waals surface area contributed by atoms with Crippen molar-refractivity contribution in [2.45, 2.75) is 52.6 Å². The number of hydrogen-bond donors (Lipinski definition) is 1. The maximum Gasteiger partial charge on any atom is 0.326 e. The predicted molar refractivity (Wildman–Crippen MR) is 150 cm³/mol. The van der Waals surface area contributed by atoms with Gasteiger partial charge in [0.15, 0.2) is 12.5 Å². The summed E-state index contributed by atoms with van der Waals surface area (Å²) in [5.41, 5.74) is 4.05. The summed E-state index contributed by atoms with van der Waals surface area (Å²) in [5.74, 6) is -2.35. The molecule has 4 rings (SSSR count). The van der Waals surface area contributed by atoms with Crippen LogP contribution in [-0.4, -0.2) is 40.4 Å². The second kappa shape index (κ2) is 12.7. The highest BCUT2D eigenvalue weighted by Gasteiger charge is 2.32. The average molecular weight is 547 g/mol. The van der Waals surface area contributed by atoms with Crippen molar-refractivity contribution in [1.29, 1.82) is 0 Å². The zero-order valence-electron chi connectivity index (χ0n) is 22.8. The molecule has 0 radical (unpaired) electrons. The maximum atomic E-state index is 13.9. The molecule has 1 aliphatic rings. The summed E-state index contributed by atoms with van der Waals surface area (Å²) in [6.07, 6.45) is 1.81. The Hall–Kier alpha value is -4.27. The Kier molecular flexibility index (Phi) is 9.14. The van der Waals surface area contributed by atoms with Crippen LogP contribution in [-0.2, 0) is 16.1 Å². The number of aliphatic carboxylic acids is 1. The average Bonchev–Trinajstić information content (AvgIpc) is 3.45. The Morgan fingerprint density at radius 1 is 0.925 bits per heavy atom. The molecule has 7 nitrogen and oxygen atoms in total. The standard InChI is InChI=1S/C31H32F2N4O3/c1-4-5-6-28(38)37(29(19(2)3)31(39)40)17-20-7-9-21(10-8-20)27-15-22(23-13-24(32)16-25(33)14-23)11-12-26(27)30-34-18-35-36-30/h7-16,19,29H,4-6,17-18H2,1-3H3,(H,39,40)/t29-/m0/s1. The van der Waals surface area contributed by atoms with E-state index in [1.807, 2.05) is 37.3 Å². The van der Waals surface area contributed by atoms with Crippen molar-refractivity contribution in [2.75, 3.05) is 6.67 Å². The lowest BCUT2D eigenvalue weighted by Crippen LogP contribution is -2.47. The number of carbonyl (C=O) groups excluding carboxylic acids is 1. The van der Waals surface area contributed by atoms with Gasteiger partial charge in [-0.2, -0.15) is 5.11 Å². The number of carboxylic acid groups (broad SMARTS) is 1. The van der Waals surface area contributed by atoms with Crippen LogP contribution in [0.5, 0.6) is 0 Å². The summed E-state index contributed by atoms with van der Waals surface area (Å²) >= 11 is 0. The van der Waals surface area contributed by atoms with Gasteiger partial charge in [0.2, 0.25) is 5.91 Å². The van der Waals surface area contributed by atoms with Crippen LogP contribution in [0.3, 0.4) is 0 Å². The van der Waals surface area contributed by atoms with Crippen molar-refractivity contribution in [2.24, 2.45) is 21.1 Å². The Morgan fingerprint density at radius 2 is 1.60 bits per heavy atom. The van der Waals surface area contributed by atoms with Crippen molar-refractivity contribution in [3.63, 3.8) is 0 Å². The Bertz CT molecular complexity index is 1430. The molecular weight excluding hydrogens is 514 g/mol. The molecule has 0 bridgehead atoms. The molecular formula is C31H32F2N4O3. The van der Waals surface area contributed by atoms with E-state index in [-0.39, 0.29) is 25.0 Å². The van der Waals surface area contributed by atoms with E-state index in [0.29, 0.717) is 29.8 Å².